The highest BCUT2D eigenvalue weighted by molar-refractivity contribution is 5.45. The first kappa shape index (κ1) is 24.3. The van der Waals surface area contributed by atoms with Crippen molar-refractivity contribution in [3.05, 3.63) is 11.1 Å². The van der Waals surface area contributed by atoms with Gasteiger partial charge in [0.2, 0.25) is 0 Å². The van der Waals surface area contributed by atoms with Gasteiger partial charge in [-0.1, -0.05) is 27.7 Å². The molecule has 0 spiro atoms. The molecular formula is C23H38O6. The number of rotatable bonds is 4. The van der Waals surface area contributed by atoms with Gasteiger partial charge in [0.05, 0.1) is 6.10 Å². The molecule has 1 fully saturated rings. The first-order valence-corrected chi connectivity index (χ1v) is 10.4. The van der Waals surface area contributed by atoms with Gasteiger partial charge in [0, 0.05) is 11.8 Å². The van der Waals surface area contributed by atoms with Crippen LogP contribution in [0.15, 0.2) is 11.1 Å². The van der Waals surface area contributed by atoms with E-state index in [1.54, 1.807) is 13.8 Å². The fraction of sp³-hybridized carbons (Fsp3) is 0.826. The van der Waals surface area contributed by atoms with Crippen LogP contribution in [0.4, 0.5) is 0 Å². The topological polar surface area (TPSA) is 121 Å². The van der Waals surface area contributed by atoms with E-state index < -0.39 is 40.0 Å². The number of hydrogen-bond donors (Lipinski definition) is 6. The zero-order valence-corrected chi connectivity index (χ0v) is 18.7. The third kappa shape index (κ3) is 2.72. The smallest absolute Gasteiger partial charge is 0.135 e. The Kier molecular flexibility index (Phi) is 5.91. The maximum absolute atomic E-state index is 12.0. The number of hydrogen-bond acceptors (Lipinski definition) is 6. The van der Waals surface area contributed by atoms with Gasteiger partial charge in [-0.3, -0.25) is 0 Å². The van der Waals surface area contributed by atoms with E-state index >= 15 is 0 Å². The summed E-state index contributed by atoms with van der Waals surface area (Å²) in [5.41, 5.74) is -9.18. The summed E-state index contributed by atoms with van der Waals surface area (Å²) in [6, 6.07) is 0. The van der Waals surface area contributed by atoms with Crippen molar-refractivity contribution in [1.82, 2.24) is 0 Å². The molecule has 2 aliphatic rings. The minimum absolute atomic E-state index is 0.0393. The molecule has 2 rings (SSSR count). The van der Waals surface area contributed by atoms with Gasteiger partial charge >= 0.3 is 0 Å². The van der Waals surface area contributed by atoms with E-state index in [2.05, 4.69) is 5.92 Å². The molecule has 6 heteroatoms. The van der Waals surface area contributed by atoms with E-state index in [9.17, 15) is 30.6 Å². The zero-order chi connectivity index (χ0) is 22.8. The predicted octanol–water partition coefficient (Wildman–Crippen LogP) is 1.12. The van der Waals surface area contributed by atoms with Gasteiger partial charge < -0.3 is 30.6 Å². The van der Waals surface area contributed by atoms with Crippen LogP contribution in [0.2, 0.25) is 0 Å². The van der Waals surface area contributed by atoms with Crippen molar-refractivity contribution < 1.29 is 30.6 Å². The molecule has 0 aliphatic heterocycles. The summed E-state index contributed by atoms with van der Waals surface area (Å²) in [4.78, 5) is 0. The number of terminal acetylenes is 1. The average molecular weight is 411 g/mol. The van der Waals surface area contributed by atoms with Gasteiger partial charge in [-0.15, -0.1) is 12.3 Å². The zero-order valence-electron chi connectivity index (χ0n) is 18.7. The summed E-state index contributed by atoms with van der Waals surface area (Å²) in [5, 5.41) is 68.7. The van der Waals surface area contributed by atoms with Gasteiger partial charge in [0.25, 0.3) is 0 Å². The summed E-state index contributed by atoms with van der Waals surface area (Å²) in [5.74, 6) is 2.00. The standard InChI is InChI=1S/C23H38O6/c1-9-11-19(6,22(28)12-10-14(4)17(24)21(22,8)27)23(29)18(25)16(13(2)3)15(5)20(23,7)26/h1,13-14,17-18,24-29H,10-12H2,2-8H3. The molecule has 0 radical (unpaired) electrons. The first-order valence-electron chi connectivity index (χ1n) is 10.4. The third-order valence-electron chi connectivity index (χ3n) is 8.34. The van der Waals surface area contributed by atoms with Crippen molar-refractivity contribution in [2.75, 3.05) is 0 Å². The molecule has 8 unspecified atom stereocenters. The summed E-state index contributed by atoms with van der Waals surface area (Å²) in [6.07, 6.45) is 3.03. The molecule has 166 valence electrons. The van der Waals surface area contributed by atoms with Crippen molar-refractivity contribution in [2.45, 2.75) is 102 Å². The van der Waals surface area contributed by atoms with Crippen LogP contribution >= 0.6 is 0 Å². The lowest BCUT2D eigenvalue weighted by molar-refractivity contribution is -0.331. The molecule has 6 nitrogen and oxygen atoms in total. The van der Waals surface area contributed by atoms with Gasteiger partial charge in [0.1, 0.15) is 28.5 Å². The first-order chi connectivity index (χ1) is 13.0. The molecule has 0 heterocycles. The molecule has 6 N–H and O–H groups in total. The second kappa shape index (κ2) is 7.05. The fourth-order valence-corrected chi connectivity index (χ4v) is 6.13. The van der Waals surface area contributed by atoms with Crippen molar-refractivity contribution in [3.8, 4) is 12.3 Å². The van der Waals surface area contributed by atoms with E-state index in [-0.39, 0.29) is 24.7 Å². The second-order valence-electron chi connectivity index (χ2n) is 10.2. The van der Waals surface area contributed by atoms with Crippen LogP contribution in [0.5, 0.6) is 0 Å². The van der Waals surface area contributed by atoms with E-state index in [0.29, 0.717) is 17.6 Å². The Morgan fingerprint density at radius 2 is 1.69 bits per heavy atom. The SMILES string of the molecule is C#CCC(C)(C1(O)CCC(C)C(O)C1(C)O)C1(O)C(O)C(C(C)C)=C(C)C1(C)O. The molecule has 0 bridgehead atoms. The quantitative estimate of drug-likeness (QED) is 0.305. The van der Waals surface area contributed by atoms with Crippen LogP contribution < -0.4 is 0 Å². The monoisotopic (exact) mass is 410 g/mol. The second-order valence-corrected chi connectivity index (χ2v) is 10.2. The minimum atomic E-state index is -2.30. The van der Waals surface area contributed by atoms with E-state index in [0.717, 1.165) is 0 Å². The van der Waals surface area contributed by atoms with Crippen LogP contribution in [0.1, 0.15) is 67.7 Å². The molecular weight excluding hydrogens is 372 g/mol. The predicted molar refractivity (Wildman–Crippen MR) is 111 cm³/mol. The highest BCUT2D eigenvalue weighted by atomic mass is 16.4. The lowest BCUT2D eigenvalue weighted by Gasteiger charge is -2.64. The third-order valence-corrected chi connectivity index (χ3v) is 8.34. The summed E-state index contributed by atoms with van der Waals surface area (Å²) in [6.45, 7) is 11.3. The van der Waals surface area contributed by atoms with E-state index in [1.165, 1.54) is 20.8 Å². The normalized spacial score (nSPS) is 48.0. The van der Waals surface area contributed by atoms with Gasteiger partial charge in [0.15, 0.2) is 0 Å². The summed E-state index contributed by atoms with van der Waals surface area (Å²) >= 11 is 0. The Hall–Kier alpha value is -0.940. The van der Waals surface area contributed by atoms with Crippen LogP contribution in [0.25, 0.3) is 0 Å². The van der Waals surface area contributed by atoms with Gasteiger partial charge in [-0.05, 0) is 56.6 Å². The molecule has 0 aromatic heterocycles. The van der Waals surface area contributed by atoms with Gasteiger partial charge in [-0.25, -0.2) is 0 Å². The van der Waals surface area contributed by atoms with Crippen molar-refractivity contribution in [1.29, 1.82) is 0 Å². The molecule has 0 saturated heterocycles. The summed E-state index contributed by atoms with van der Waals surface area (Å²) < 4.78 is 0. The van der Waals surface area contributed by atoms with E-state index in [4.69, 9.17) is 6.42 Å². The number of aliphatic hydroxyl groups excluding tert-OH is 2. The van der Waals surface area contributed by atoms with E-state index in [1.807, 2.05) is 13.8 Å². The maximum atomic E-state index is 12.0. The summed E-state index contributed by atoms with van der Waals surface area (Å²) in [7, 11) is 0. The Morgan fingerprint density at radius 1 is 1.17 bits per heavy atom. The fourth-order valence-electron chi connectivity index (χ4n) is 6.13. The molecule has 29 heavy (non-hydrogen) atoms. The lowest BCUT2D eigenvalue weighted by atomic mass is 9.47. The molecule has 1 saturated carbocycles. The van der Waals surface area contributed by atoms with Crippen LogP contribution in [0, 0.1) is 29.6 Å². The van der Waals surface area contributed by atoms with Crippen LogP contribution in [0.3, 0.4) is 0 Å². The molecule has 8 atom stereocenters. The Labute approximate surface area is 174 Å². The highest BCUT2D eigenvalue weighted by Gasteiger charge is 2.76. The number of aliphatic hydroxyl groups is 6. The Bertz CT molecular complexity index is 732. The molecule has 2 aliphatic carbocycles. The minimum Gasteiger partial charge on any atom is -0.390 e. The van der Waals surface area contributed by atoms with Crippen LogP contribution in [-0.2, 0) is 0 Å². The average Bonchev–Trinajstić information content (AvgIpc) is 2.75. The molecule has 0 aromatic rings. The Balaban J connectivity index is 2.81. The van der Waals surface area contributed by atoms with Crippen molar-refractivity contribution >= 4 is 0 Å². The lowest BCUT2D eigenvalue weighted by Crippen LogP contribution is -2.79. The molecule has 0 amide bonds. The maximum Gasteiger partial charge on any atom is 0.135 e. The van der Waals surface area contributed by atoms with Crippen molar-refractivity contribution in [3.63, 3.8) is 0 Å². The highest BCUT2D eigenvalue weighted by Crippen LogP contribution is 2.63. The Morgan fingerprint density at radius 3 is 2.10 bits per heavy atom. The van der Waals surface area contributed by atoms with Crippen molar-refractivity contribution in [2.24, 2.45) is 17.3 Å². The largest absolute Gasteiger partial charge is 0.390 e. The van der Waals surface area contributed by atoms with Gasteiger partial charge in [-0.2, -0.15) is 0 Å². The van der Waals surface area contributed by atoms with Crippen LogP contribution in [-0.4, -0.2) is 65.3 Å². The molecule has 0 aromatic carbocycles.